The van der Waals surface area contributed by atoms with Crippen LogP contribution in [0.4, 0.5) is 16.3 Å². The van der Waals surface area contributed by atoms with E-state index in [4.69, 9.17) is 5.84 Å². The minimum absolute atomic E-state index is 0.0605. The third-order valence-electron chi connectivity index (χ3n) is 5.13. The lowest BCUT2D eigenvalue weighted by Crippen LogP contribution is -2.39. The van der Waals surface area contributed by atoms with Crippen LogP contribution in [0, 0.1) is 12.8 Å². The van der Waals surface area contributed by atoms with E-state index in [1.807, 2.05) is 50.2 Å². The van der Waals surface area contributed by atoms with Gasteiger partial charge in [-0.3, -0.25) is 4.79 Å². The molecule has 1 heterocycles. The Bertz CT molecular complexity index is 898. The van der Waals surface area contributed by atoms with Gasteiger partial charge in [-0.05, 0) is 49.1 Å². The van der Waals surface area contributed by atoms with Crippen LogP contribution in [0.1, 0.15) is 30.9 Å². The van der Waals surface area contributed by atoms with E-state index in [0.717, 1.165) is 28.8 Å². The predicted molar refractivity (Wildman–Crippen MR) is 123 cm³/mol. The molecule has 8 heteroatoms. The molecule has 4 N–H and O–H groups in total. The van der Waals surface area contributed by atoms with Gasteiger partial charge in [0.25, 0.3) is 0 Å². The maximum absolute atomic E-state index is 13.3. The molecule has 0 aliphatic heterocycles. The Morgan fingerprint density at radius 1 is 1.26 bits per heavy atom. The van der Waals surface area contributed by atoms with E-state index < -0.39 is 6.09 Å². The third kappa shape index (κ3) is 6.55. The van der Waals surface area contributed by atoms with Crippen LogP contribution in [0.5, 0.6) is 0 Å². The summed E-state index contributed by atoms with van der Waals surface area (Å²) in [6.07, 6.45) is 2.10. The highest BCUT2D eigenvalue weighted by atomic mass is 16.5. The van der Waals surface area contributed by atoms with E-state index in [2.05, 4.69) is 27.0 Å². The van der Waals surface area contributed by atoms with Gasteiger partial charge in [0.15, 0.2) is 0 Å². The molecule has 0 aliphatic rings. The zero-order valence-electron chi connectivity index (χ0n) is 18.4. The second-order valence-corrected chi connectivity index (χ2v) is 7.18. The largest absolute Gasteiger partial charge is 0.453 e. The normalized spacial score (nSPS) is 11.4. The number of carbonyl (C=O) groups is 2. The first-order valence-electron chi connectivity index (χ1n) is 10.2. The Morgan fingerprint density at radius 3 is 2.58 bits per heavy atom. The van der Waals surface area contributed by atoms with Gasteiger partial charge in [-0.1, -0.05) is 31.2 Å². The number of nitrogens with zero attached hydrogens (tertiary/aromatic N) is 2. The molecule has 1 unspecified atom stereocenters. The van der Waals surface area contributed by atoms with Crippen molar-refractivity contribution in [3.63, 3.8) is 0 Å². The monoisotopic (exact) mass is 425 g/mol. The number of pyridine rings is 1. The van der Waals surface area contributed by atoms with Crippen molar-refractivity contribution in [2.24, 2.45) is 11.8 Å². The molecule has 0 saturated carbocycles. The van der Waals surface area contributed by atoms with Crippen LogP contribution in [0.25, 0.3) is 5.57 Å². The van der Waals surface area contributed by atoms with Crippen molar-refractivity contribution in [2.45, 2.75) is 26.7 Å². The molecule has 2 amide bonds. The van der Waals surface area contributed by atoms with Gasteiger partial charge >= 0.3 is 6.09 Å². The van der Waals surface area contributed by atoms with Crippen LogP contribution in [0.15, 0.2) is 49.2 Å². The molecule has 166 valence electrons. The fourth-order valence-electron chi connectivity index (χ4n) is 3.30. The van der Waals surface area contributed by atoms with Crippen molar-refractivity contribution >= 4 is 29.1 Å². The number of benzene rings is 1. The first-order valence-corrected chi connectivity index (χ1v) is 10.2. The minimum Gasteiger partial charge on any atom is -0.453 e. The number of aromatic nitrogens is 1. The minimum atomic E-state index is -0.533. The number of amides is 2. The molecule has 1 aromatic carbocycles. The highest BCUT2D eigenvalue weighted by Gasteiger charge is 2.23. The van der Waals surface area contributed by atoms with Crippen molar-refractivity contribution in [3.8, 4) is 0 Å². The maximum atomic E-state index is 13.3. The fraction of sp³-hybridized carbons (Fsp3) is 0.348. The molecule has 1 atom stereocenters. The highest BCUT2D eigenvalue weighted by Crippen LogP contribution is 2.31. The van der Waals surface area contributed by atoms with Crippen LogP contribution in [0.3, 0.4) is 0 Å². The molecule has 2 rings (SSSR count). The fourth-order valence-corrected chi connectivity index (χ4v) is 3.30. The number of ether oxygens (including phenoxy) is 1. The number of nitrogen functional groups attached to an aromatic ring is 1. The molecule has 0 fully saturated rings. The number of nitrogens with one attached hydrogen (secondary N) is 2. The standard InChI is InChI=1S/C23H31N5O3/c1-5-18(17(3)20-7-6-12-25-22(20)27-24)15-21(29)28(14-13-26-23(30)31-4)19-10-8-16(2)9-11-19/h6-12,18H,3,5,13-15,24H2,1-2,4H3,(H,25,27)(H,26,30). The number of hydrogen-bond acceptors (Lipinski definition) is 6. The molecule has 0 aliphatic carbocycles. The quantitative estimate of drug-likeness (QED) is 0.397. The Labute approximate surface area is 183 Å². The molecule has 0 radical (unpaired) electrons. The Kier molecular flexibility index (Phi) is 9.02. The number of carbonyl (C=O) groups excluding carboxylic acids is 2. The molecule has 8 nitrogen and oxygen atoms in total. The average Bonchev–Trinajstić information content (AvgIpc) is 2.80. The third-order valence-corrected chi connectivity index (χ3v) is 5.13. The van der Waals surface area contributed by atoms with Gasteiger partial charge in [0, 0.05) is 37.0 Å². The van der Waals surface area contributed by atoms with E-state index in [9.17, 15) is 9.59 Å². The van der Waals surface area contributed by atoms with Gasteiger partial charge in [0.2, 0.25) is 5.91 Å². The van der Waals surface area contributed by atoms with Crippen LogP contribution in [0.2, 0.25) is 0 Å². The van der Waals surface area contributed by atoms with E-state index in [1.165, 1.54) is 7.11 Å². The highest BCUT2D eigenvalue weighted by molar-refractivity contribution is 5.94. The lowest BCUT2D eigenvalue weighted by molar-refractivity contribution is -0.119. The maximum Gasteiger partial charge on any atom is 0.406 e. The molecular weight excluding hydrogens is 394 g/mol. The summed E-state index contributed by atoms with van der Waals surface area (Å²) in [4.78, 5) is 30.6. The summed E-state index contributed by atoms with van der Waals surface area (Å²) in [5, 5.41) is 2.63. The second kappa shape index (κ2) is 11.7. The molecular formula is C23H31N5O3. The molecule has 0 spiro atoms. The molecule has 1 aromatic heterocycles. The summed E-state index contributed by atoms with van der Waals surface area (Å²) in [5.74, 6) is 5.96. The van der Waals surface area contributed by atoms with Gasteiger partial charge in [0.05, 0.1) is 7.11 Å². The van der Waals surface area contributed by atoms with E-state index in [-0.39, 0.29) is 24.8 Å². The van der Waals surface area contributed by atoms with Crippen molar-refractivity contribution < 1.29 is 14.3 Å². The molecule has 2 aromatic rings. The Morgan fingerprint density at radius 2 is 1.97 bits per heavy atom. The number of rotatable bonds is 10. The number of hydrogen-bond donors (Lipinski definition) is 3. The first-order chi connectivity index (χ1) is 14.9. The SMILES string of the molecule is C=C(c1cccnc1NN)C(CC)CC(=O)N(CCNC(=O)OC)c1ccc(C)cc1. The summed E-state index contributed by atoms with van der Waals surface area (Å²) in [7, 11) is 1.30. The number of nitrogens with two attached hydrogens (primary N) is 1. The average molecular weight is 426 g/mol. The first kappa shape index (κ1) is 23.9. The second-order valence-electron chi connectivity index (χ2n) is 7.18. The van der Waals surface area contributed by atoms with E-state index >= 15 is 0 Å². The Hall–Kier alpha value is -3.39. The lowest BCUT2D eigenvalue weighted by Gasteiger charge is -2.26. The van der Waals surface area contributed by atoms with E-state index in [1.54, 1.807) is 11.1 Å². The van der Waals surface area contributed by atoms with Gasteiger partial charge in [-0.15, -0.1) is 0 Å². The number of hydrazine groups is 1. The van der Waals surface area contributed by atoms with Crippen molar-refractivity contribution in [1.29, 1.82) is 0 Å². The van der Waals surface area contributed by atoms with Crippen molar-refractivity contribution in [3.05, 3.63) is 60.3 Å². The summed E-state index contributed by atoms with van der Waals surface area (Å²) >= 11 is 0. The summed E-state index contributed by atoms with van der Waals surface area (Å²) in [5.41, 5.74) is 6.05. The molecule has 0 saturated heterocycles. The smallest absolute Gasteiger partial charge is 0.406 e. The van der Waals surface area contributed by atoms with Gasteiger partial charge < -0.3 is 20.4 Å². The number of aryl methyl sites for hydroxylation is 1. The molecule has 0 bridgehead atoms. The van der Waals surface area contributed by atoms with E-state index in [0.29, 0.717) is 12.4 Å². The Balaban J connectivity index is 2.20. The van der Waals surface area contributed by atoms with Gasteiger partial charge in [0.1, 0.15) is 5.82 Å². The summed E-state index contributed by atoms with van der Waals surface area (Å²) < 4.78 is 4.61. The zero-order valence-corrected chi connectivity index (χ0v) is 18.4. The number of alkyl carbamates (subject to hydrolysis) is 1. The van der Waals surface area contributed by atoms with Crippen LogP contribution < -0.4 is 21.5 Å². The van der Waals surface area contributed by atoms with Crippen molar-refractivity contribution in [2.75, 3.05) is 30.5 Å². The topological polar surface area (TPSA) is 110 Å². The molecule has 31 heavy (non-hydrogen) atoms. The van der Waals surface area contributed by atoms with Crippen LogP contribution >= 0.6 is 0 Å². The van der Waals surface area contributed by atoms with Gasteiger partial charge in [-0.25, -0.2) is 15.6 Å². The van der Waals surface area contributed by atoms with Crippen LogP contribution in [-0.4, -0.2) is 37.2 Å². The van der Waals surface area contributed by atoms with Crippen LogP contribution in [-0.2, 0) is 9.53 Å². The predicted octanol–water partition coefficient (Wildman–Crippen LogP) is 3.49. The van der Waals surface area contributed by atoms with Crippen molar-refractivity contribution in [1.82, 2.24) is 10.3 Å². The zero-order chi connectivity index (χ0) is 22.8. The number of allylic oxidation sites excluding steroid dienone is 1. The summed E-state index contributed by atoms with van der Waals surface area (Å²) in [6.45, 7) is 8.82. The number of methoxy groups -OCH3 is 1. The lowest BCUT2D eigenvalue weighted by atomic mass is 9.88. The van der Waals surface area contributed by atoms with Gasteiger partial charge in [-0.2, -0.15) is 0 Å². The number of anilines is 2. The summed E-state index contributed by atoms with van der Waals surface area (Å²) in [6, 6.07) is 11.4.